The van der Waals surface area contributed by atoms with Crippen molar-refractivity contribution in [2.45, 2.75) is 29.7 Å². The number of hydrogen-bond acceptors (Lipinski definition) is 3. The lowest BCUT2D eigenvalue weighted by Crippen LogP contribution is -2.24. The van der Waals surface area contributed by atoms with Gasteiger partial charge < -0.3 is 10.8 Å². The summed E-state index contributed by atoms with van der Waals surface area (Å²) in [5, 5.41) is 9.31. The van der Waals surface area contributed by atoms with E-state index in [-0.39, 0.29) is 17.9 Å². The Morgan fingerprint density at radius 1 is 1.43 bits per heavy atom. The molecule has 14 heavy (non-hydrogen) atoms. The molecule has 0 amide bonds. The van der Waals surface area contributed by atoms with Crippen molar-refractivity contribution in [2.75, 3.05) is 0 Å². The van der Waals surface area contributed by atoms with Crippen LogP contribution in [0.3, 0.4) is 0 Å². The molecule has 0 fully saturated rings. The molecule has 82 valence electrons. The number of ketones is 1. The van der Waals surface area contributed by atoms with Crippen molar-refractivity contribution >= 4 is 40.6 Å². The number of rotatable bonds is 3. The fourth-order valence-electron chi connectivity index (χ4n) is 0.733. The Kier molecular flexibility index (Phi) is 4.72. The molecule has 0 aromatic heterocycles. The summed E-state index contributed by atoms with van der Waals surface area (Å²) < 4.78 is -1.78. The molecule has 3 N–H and O–H groups in total. The maximum absolute atomic E-state index is 11.2. The molecule has 0 aliphatic heterocycles. The van der Waals surface area contributed by atoms with Crippen molar-refractivity contribution in [2.24, 2.45) is 5.73 Å². The van der Waals surface area contributed by atoms with Crippen molar-refractivity contribution in [3.63, 3.8) is 0 Å². The van der Waals surface area contributed by atoms with Crippen LogP contribution in [0, 0.1) is 0 Å². The van der Waals surface area contributed by atoms with Crippen LogP contribution in [0.25, 0.3) is 0 Å². The second-order valence-electron chi connectivity index (χ2n) is 3.55. The van der Waals surface area contributed by atoms with Gasteiger partial charge in [0.2, 0.25) is 3.79 Å². The monoisotopic (exact) mass is 259 g/mol. The largest absolute Gasteiger partial charge is 0.398 e. The summed E-state index contributed by atoms with van der Waals surface area (Å²) in [6.45, 7) is 3.01. The third kappa shape index (κ3) is 6.49. The fourth-order valence-corrected chi connectivity index (χ4v) is 0.896. The number of hydrogen-bond donors (Lipinski definition) is 2. The smallest absolute Gasteiger partial charge is 0.230 e. The van der Waals surface area contributed by atoms with Gasteiger partial charge in [-0.15, -0.1) is 0 Å². The van der Waals surface area contributed by atoms with Gasteiger partial charge in [-0.05, 0) is 13.8 Å². The highest BCUT2D eigenvalue weighted by atomic mass is 35.6. The van der Waals surface area contributed by atoms with Crippen molar-refractivity contribution in [1.29, 1.82) is 0 Å². The zero-order valence-corrected chi connectivity index (χ0v) is 10.1. The Morgan fingerprint density at radius 3 is 2.14 bits per heavy atom. The average molecular weight is 261 g/mol. The summed E-state index contributed by atoms with van der Waals surface area (Å²) in [5.41, 5.74) is 4.08. The maximum atomic E-state index is 11.2. The van der Waals surface area contributed by atoms with E-state index in [0.717, 1.165) is 6.08 Å². The maximum Gasteiger partial charge on any atom is 0.230 e. The van der Waals surface area contributed by atoms with Crippen LogP contribution in [0.1, 0.15) is 20.3 Å². The summed E-state index contributed by atoms with van der Waals surface area (Å²) in [4.78, 5) is 11.2. The Bertz CT molecular complexity index is 250. The van der Waals surface area contributed by atoms with E-state index in [1.165, 1.54) is 13.8 Å². The first-order chi connectivity index (χ1) is 6.02. The highest BCUT2D eigenvalue weighted by Crippen LogP contribution is 2.31. The number of alkyl halides is 3. The van der Waals surface area contributed by atoms with Crippen LogP contribution in [-0.4, -0.2) is 20.3 Å². The first-order valence-electron chi connectivity index (χ1n) is 3.82. The molecule has 0 heterocycles. The van der Waals surface area contributed by atoms with E-state index < -0.39 is 9.39 Å². The Labute approximate surface area is 97.8 Å². The summed E-state index contributed by atoms with van der Waals surface area (Å²) in [6.07, 6.45) is 0.944. The lowest BCUT2D eigenvalue weighted by atomic mass is 10.0. The van der Waals surface area contributed by atoms with Crippen LogP contribution in [0.5, 0.6) is 0 Å². The van der Waals surface area contributed by atoms with E-state index in [1.807, 2.05) is 0 Å². The summed E-state index contributed by atoms with van der Waals surface area (Å²) >= 11 is 16.3. The van der Waals surface area contributed by atoms with Gasteiger partial charge in [-0.25, -0.2) is 0 Å². The van der Waals surface area contributed by atoms with Crippen LogP contribution in [-0.2, 0) is 4.79 Å². The van der Waals surface area contributed by atoms with Gasteiger partial charge in [0.25, 0.3) is 0 Å². The highest BCUT2D eigenvalue weighted by molar-refractivity contribution is 6.69. The first kappa shape index (κ1) is 14.0. The lowest BCUT2D eigenvalue weighted by Gasteiger charge is -2.15. The number of allylic oxidation sites excluding steroid dienone is 2. The topological polar surface area (TPSA) is 63.3 Å². The number of carbonyl (C=O) groups is 1. The molecule has 0 aliphatic carbocycles. The van der Waals surface area contributed by atoms with E-state index in [4.69, 9.17) is 40.5 Å². The van der Waals surface area contributed by atoms with E-state index >= 15 is 0 Å². The van der Waals surface area contributed by atoms with Crippen molar-refractivity contribution in [1.82, 2.24) is 0 Å². The van der Waals surface area contributed by atoms with Crippen molar-refractivity contribution < 1.29 is 9.90 Å². The van der Waals surface area contributed by atoms with Gasteiger partial charge in [-0.3, -0.25) is 4.79 Å². The average Bonchev–Trinajstić information content (AvgIpc) is 1.79. The van der Waals surface area contributed by atoms with E-state index in [1.54, 1.807) is 0 Å². The number of aliphatic hydroxyl groups is 1. The second-order valence-corrected chi connectivity index (χ2v) is 5.83. The van der Waals surface area contributed by atoms with E-state index in [2.05, 4.69) is 0 Å². The SMILES string of the molecule is CC(C)(O)CC(=O)/C=C(\N)C(Cl)(Cl)Cl. The number of nitrogens with two attached hydrogens (primary N) is 1. The van der Waals surface area contributed by atoms with E-state index in [9.17, 15) is 9.90 Å². The summed E-state index contributed by atoms with van der Waals surface area (Å²) in [5.74, 6) is -0.388. The third-order valence-electron chi connectivity index (χ3n) is 1.25. The normalized spacial score (nSPS) is 14.3. The van der Waals surface area contributed by atoms with Crippen LogP contribution >= 0.6 is 34.8 Å². The van der Waals surface area contributed by atoms with Gasteiger partial charge in [0.1, 0.15) is 0 Å². The van der Waals surface area contributed by atoms with Crippen LogP contribution in [0.4, 0.5) is 0 Å². The molecule has 0 unspecified atom stereocenters. The first-order valence-corrected chi connectivity index (χ1v) is 4.95. The molecule has 0 bridgehead atoms. The Hall–Kier alpha value is 0.0400. The molecule has 0 aromatic carbocycles. The van der Waals surface area contributed by atoms with Crippen LogP contribution in [0.15, 0.2) is 11.8 Å². The molecule has 6 heteroatoms. The predicted octanol–water partition coefficient (Wildman–Crippen LogP) is 1.93. The Balaban J connectivity index is 4.46. The Morgan fingerprint density at radius 2 is 1.86 bits per heavy atom. The van der Waals surface area contributed by atoms with Gasteiger partial charge in [-0.1, -0.05) is 34.8 Å². The molecular formula is C8H12Cl3NO2. The molecule has 0 atom stereocenters. The molecule has 0 saturated heterocycles. The molecule has 0 spiro atoms. The van der Waals surface area contributed by atoms with Gasteiger partial charge in [0, 0.05) is 12.5 Å². The van der Waals surface area contributed by atoms with E-state index in [0.29, 0.717) is 0 Å². The zero-order chi connectivity index (χ0) is 11.6. The predicted molar refractivity (Wildman–Crippen MR) is 58.5 cm³/mol. The third-order valence-corrected chi connectivity index (χ3v) is 1.91. The van der Waals surface area contributed by atoms with Gasteiger partial charge in [-0.2, -0.15) is 0 Å². The second kappa shape index (κ2) is 4.71. The zero-order valence-electron chi connectivity index (χ0n) is 7.85. The standard InChI is InChI=1S/C8H12Cl3NO2/c1-7(2,14)4-5(13)3-6(12)8(9,10)11/h3,14H,4,12H2,1-2H3/b6-3-. The fraction of sp³-hybridized carbons (Fsp3) is 0.625. The van der Waals surface area contributed by atoms with Crippen molar-refractivity contribution in [3.8, 4) is 0 Å². The molecule has 0 radical (unpaired) electrons. The van der Waals surface area contributed by atoms with Crippen LogP contribution in [0.2, 0.25) is 0 Å². The minimum Gasteiger partial charge on any atom is -0.398 e. The van der Waals surface area contributed by atoms with Crippen molar-refractivity contribution in [3.05, 3.63) is 11.8 Å². The summed E-state index contributed by atoms with van der Waals surface area (Å²) in [7, 11) is 0. The molecule has 0 rings (SSSR count). The molecule has 0 aliphatic rings. The number of carbonyl (C=O) groups excluding carboxylic acids is 1. The molecule has 3 nitrogen and oxygen atoms in total. The lowest BCUT2D eigenvalue weighted by molar-refractivity contribution is -0.118. The minimum absolute atomic E-state index is 0.0750. The molecule has 0 saturated carbocycles. The van der Waals surface area contributed by atoms with Crippen LogP contribution < -0.4 is 5.73 Å². The summed E-state index contributed by atoms with van der Waals surface area (Å²) in [6, 6.07) is 0. The van der Waals surface area contributed by atoms with Gasteiger partial charge in [0.15, 0.2) is 5.78 Å². The van der Waals surface area contributed by atoms with Gasteiger partial charge in [0.05, 0.1) is 11.3 Å². The van der Waals surface area contributed by atoms with Gasteiger partial charge >= 0.3 is 0 Å². The molecular weight excluding hydrogens is 248 g/mol. The quantitative estimate of drug-likeness (QED) is 0.602. The number of halogens is 3. The minimum atomic E-state index is -1.78. The highest BCUT2D eigenvalue weighted by Gasteiger charge is 2.25. The molecule has 0 aromatic rings.